The summed E-state index contributed by atoms with van der Waals surface area (Å²) >= 11 is 0. The van der Waals surface area contributed by atoms with E-state index >= 15 is 0 Å². The van der Waals surface area contributed by atoms with Crippen LogP contribution in [0.15, 0.2) is 24.8 Å². The molecule has 1 rings (SSSR count). The summed E-state index contributed by atoms with van der Waals surface area (Å²) in [5.41, 5.74) is 0. The third kappa shape index (κ3) is 15.6. The summed E-state index contributed by atoms with van der Waals surface area (Å²) in [5.74, 6) is 0.440. The molecule has 0 bridgehead atoms. The molecule has 21 heavy (non-hydrogen) atoms. The molecule has 0 saturated carbocycles. The van der Waals surface area contributed by atoms with Crippen molar-refractivity contribution in [2.24, 2.45) is 5.92 Å². The molecule has 0 aromatic rings. The quantitative estimate of drug-likeness (QED) is 0.485. The Hall–Kier alpha value is -0.640. The molecule has 1 saturated heterocycles. The molecule has 3 nitrogen and oxygen atoms in total. The summed E-state index contributed by atoms with van der Waals surface area (Å²) in [6.07, 6.45) is 8.88. The molecule has 3 atom stereocenters. The molecule has 2 N–H and O–H groups in total. The second kappa shape index (κ2) is 21.7. The van der Waals surface area contributed by atoms with Gasteiger partial charge in [-0.1, -0.05) is 62.8 Å². The number of hydrogen-bond donors (Lipinski definition) is 2. The standard InChI is InChI=1S/C12H20O3.6CH4/c1-2-10(6-4-3-5-7-13)8-11-12(9-14)15-11;;;;;;/h2-3,5,10-14H,1,4,6-9H2;6*1H4/b5-3-;;;;;;. The Morgan fingerprint density at radius 1 is 0.952 bits per heavy atom. The zero-order valence-electron chi connectivity index (χ0n) is 9.01. The second-order valence-electron chi connectivity index (χ2n) is 3.86. The lowest BCUT2D eigenvalue weighted by molar-refractivity contribution is 0.241. The molecular formula is C18H44O3. The van der Waals surface area contributed by atoms with Crippen LogP contribution in [0.5, 0.6) is 0 Å². The minimum absolute atomic E-state index is 0. The van der Waals surface area contributed by atoms with Crippen LogP contribution in [0.4, 0.5) is 0 Å². The molecule has 0 spiro atoms. The number of rotatable bonds is 8. The Bertz CT molecular complexity index is 215. The van der Waals surface area contributed by atoms with Gasteiger partial charge in [-0.3, -0.25) is 0 Å². The summed E-state index contributed by atoms with van der Waals surface area (Å²) in [6.45, 7) is 4.03. The van der Waals surface area contributed by atoms with Gasteiger partial charge in [0.1, 0.15) is 6.10 Å². The Morgan fingerprint density at radius 3 is 1.90 bits per heavy atom. The van der Waals surface area contributed by atoms with Crippen LogP contribution in [0.1, 0.15) is 63.8 Å². The minimum atomic E-state index is 0. The van der Waals surface area contributed by atoms with E-state index in [0.29, 0.717) is 5.92 Å². The Kier molecular flexibility index (Phi) is 38.2. The maximum atomic E-state index is 8.82. The monoisotopic (exact) mass is 308 g/mol. The molecule has 0 aromatic carbocycles. The SMILES string of the molecule is C.C.C.C.C.C.C=CC(CC/C=C\CO)CC1OC1CO. The van der Waals surface area contributed by atoms with E-state index in [4.69, 9.17) is 14.9 Å². The van der Waals surface area contributed by atoms with E-state index in [-0.39, 0.29) is 70.0 Å². The number of aliphatic hydroxyl groups excluding tert-OH is 2. The van der Waals surface area contributed by atoms with Gasteiger partial charge in [0.25, 0.3) is 0 Å². The van der Waals surface area contributed by atoms with Crippen molar-refractivity contribution in [3.63, 3.8) is 0 Å². The Balaban J connectivity index is -0.0000000937. The first-order chi connectivity index (χ1) is 7.31. The van der Waals surface area contributed by atoms with Gasteiger partial charge in [0.15, 0.2) is 0 Å². The van der Waals surface area contributed by atoms with Crippen LogP contribution in [-0.2, 0) is 4.74 Å². The van der Waals surface area contributed by atoms with Crippen molar-refractivity contribution in [1.29, 1.82) is 0 Å². The molecule has 0 aromatic heterocycles. The third-order valence-electron chi connectivity index (χ3n) is 2.71. The number of hydrogen-bond acceptors (Lipinski definition) is 3. The highest BCUT2D eigenvalue weighted by Gasteiger charge is 2.38. The summed E-state index contributed by atoms with van der Waals surface area (Å²) < 4.78 is 5.27. The van der Waals surface area contributed by atoms with Crippen molar-refractivity contribution in [1.82, 2.24) is 0 Å². The highest BCUT2D eigenvalue weighted by atomic mass is 16.6. The van der Waals surface area contributed by atoms with E-state index in [1.165, 1.54) is 0 Å². The predicted molar refractivity (Wildman–Crippen MR) is 99.9 cm³/mol. The molecule has 1 fully saturated rings. The van der Waals surface area contributed by atoms with Crippen LogP contribution >= 0.6 is 0 Å². The van der Waals surface area contributed by atoms with Crippen molar-refractivity contribution >= 4 is 0 Å². The van der Waals surface area contributed by atoms with Gasteiger partial charge in [-0.2, -0.15) is 0 Å². The fourth-order valence-electron chi connectivity index (χ4n) is 1.68. The van der Waals surface area contributed by atoms with Gasteiger partial charge in [0.05, 0.1) is 19.3 Å². The first-order valence-corrected chi connectivity index (χ1v) is 5.46. The van der Waals surface area contributed by atoms with Crippen LogP contribution in [0.3, 0.4) is 0 Å². The van der Waals surface area contributed by atoms with Gasteiger partial charge in [0.2, 0.25) is 0 Å². The first-order valence-electron chi connectivity index (χ1n) is 5.46. The largest absolute Gasteiger partial charge is 0.394 e. The Morgan fingerprint density at radius 2 is 1.52 bits per heavy atom. The zero-order valence-corrected chi connectivity index (χ0v) is 9.01. The van der Waals surface area contributed by atoms with Crippen LogP contribution in [-0.4, -0.2) is 35.6 Å². The van der Waals surface area contributed by atoms with Crippen molar-refractivity contribution in [3.8, 4) is 0 Å². The average molecular weight is 309 g/mol. The van der Waals surface area contributed by atoms with Crippen LogP contribution < -0.4 is 0 Å². The van der Waals surface area contributed by atoms with E-state index in [2.05, 4.69) is 6.58 Å². The fraction of sp³-hybridized carbons (Fsp3) is 0.778. The highest BCUT2D eigenvalue weighted by molar-refractivity contribution is 4.92. The first kappa shape index (κ1) is 37.0. The average Bonchev–Trinajstić information content (AvgIpc) is 3.01. The molecular weight excluding hydrogens is 264 g/mol. The smallest absolute Gasteiger partial charge is 0.107 e. The number of epoxide rings is 1. The number of aliphatic hydroxyl groups is 2. The lowest BCUT2D eigenvalue weighted by atomic mass is 9.96. The lowest BCUT2D eigenvalue weighted by Gasteiger charge is -2.08. The van der Waals surface area contributed by atoms with Crippen molar-refractivity contribution in [3.05, 3.63) is 24.8 Å². The normalized spacial score (nSPS) is 19.1. The van der Waals surface area contributed by atoms with Gasteiger partial charge in [-0.25, -0.2) is 0 Å². The second-order valence-corrected chi connectivity index (χ2v) is 3.86. The van der Waals surface area contributed by atoms with Gasteiger partial charge in [0, 0.05) is 0 Å². The molecule has 0 radical (unpaired) electrons. The maximum Gasteiger partial charge on any atom is 0.107 e. The van der Waals surface area contributed by atoms with Crippen molar-refractivity contribution < 1.29 is 14.9 Å². The molecule has 0 amide bonds. The van der Waals surface area contributed by atoms with Gasteiger partial charge in [-0.05, 0) is 25.2 Å². The zero-order chi connectivity index (χ0) is 11.1. The van der Waals surface area contributed by atoms with Crippen LogP contribution in [0.2, 0.25) is 0 Å². The molecule has 3 unspecified atom stereocenters. The van der Waals surface area contributed by atoms with Crippen LogP contribution in [0, 0.1) is 5.92 Å². The molecule has 0 aliphatic carbocycles. The van der Waals surface area contributed by atoms with E-state index < -0.39 is 0 Å². The summed E-state index contributed by atoms with van der Waals surface area (Å²) in [6, 6.07) is 0. The van der Waals surface area contributed by atoms with Gasteiger partial charge < -0.3 is 14.9 Å². The number of allylic oxidation sites excluding steroid dienone is 2. The van der Waals surface area contributed by atoms with E-state index in [1.807, 2.05) is 12.2 Å². The third-order valence-corrected chi connectivity index (χ3v) is 2.71. The summed E-state index contributed by atoms with van der Waals surface area (Å²) in [7, 11) is 0. The van der Waals surface area contributed by atoms with Gasteiger partial charge in [-0.15, -0.1) is 6.58 Å². The molecule has 1 aliphatic heterocycles. The molecule has 1 aliphatic rings. The predicted octanol–water partition coefficient (Wildman–Crippen LogP) is 5.08. The lowest BCUT2D eigenvalue weighted by Crippen LogP contribution is -2.05. The minimum Gasteiger partial charge on any atom is -0.394 e. The molecule has 1 heterocycles. The summed E-state index contributed by atoms with van der Waals surface area (Å²) in [5, 5.41) is 17.4. The van der Waals surface area contributed by atoms with Crippen LogP contribution in [0.25, 0.3) is 0 Å². The maximum absolute atomic E-state index is 8.82. The van der Waals surface area contributed by atoms with Crippen molar-refractivity contribution in [2.75, 3.05) is 13.2 Å². The Labute approximate surface area is 135 Å². The highest BCUT2D eigenvalue weighted by Crippen LogP contribution is 2.30. The van der Waals surface area contributed by atoms with Gasteiger partial charge >= 0.3 is 0 Å². The summed E-state index contributed by atoms with van der Waals surface area (Å²) in [4.78, 5) is 0. The number of ether oxygens (including phenoxy) is 1. The van der Waals surface area contributed by atoms with Crippen molar-refractivity contribution in [2.45, 2.75) is 76.0 Å². The fourth-order valence-corrected chi connectivity index (χ4v) is 1.68. The van der Waals surface area contributed by atoms with E-state index in [1.54, 1.807) is 6.08 Å². The molecule has 134 valence electrons. The van der Waals surface area contributed by atoms with E-state index in [0.717, 1.165) is 19.3 Å². The molecule has 3 heteroatoms. The topological polar surface area (TPSA) is 53.0 Å². The van der Waals surface area contributed by atoms with E-state index in [9.17, 15) is 0 Å².